The smallest absolute Gasteiger partial charge is 0.335 e. The number of rotatable bonds is 15. The highest BCUT2D eigenvalue weighted by molar-refractivity contribution is 7.73. The van der Waals surface area contributed by atoms with Crippen LogP contribution in [0.5, 0.6) is 0 Å². The number of ether oxygens (including phenoxy) is 1. The quantitative estimate of drug-likeness (QED) is 0.177. The molecule has 0 aromatic heterocycles. The highest BCUT2D eigenvalue weighted by Gasteiger charge is 2.33. The molecular formula is C20H40O6P2. The molecule has 0 aliphatic rings. The molecule has 0 aromatic carbocycles. The second-order valence-corrected chi connectivity index (χ2v) is 12.8. The Labute approximate surface area is 171 Å². The van der Waals surface area contributed by atoms with Gasteiger partial charge < -0.3 is 19.0 Å². The van der Waals surface area contributed by atoms with Gasteiger partial charge in [0.05, 0.1) is 12.7 Å². The summed E-state index contributed by atoms with van der Waals surface area (Å²) in [6.45, 7) is 12.3. The van der Waals surface area contributed by atoms with Gasteiger partial charge in [-0.2, -0.15) is 0 Å². The van der Waals surface area contributed by atoms with Crippen LogP contribution in [0.1, 0.15) is 73.6 Å². The second kappa shape index (κ2) is 13.9. The van der Waals surface area contributed by atoms with Gasteiger partial charge in [-0.3, -0.25) is 9.13 Å². The Hall–Kier alpha value is -0.220. The Morgan fingerprint density at radius 2 is 1.61 bits per heavy atom. The van der Waals surface area contributed by atoms with Gasteiger partial charge in [0.15, 0.2) is 0 Å². The number of hydrogen-bond donors (Lipinski definition) is 2. The Morgan fingerprint density at radius 3 is 2.14 bits per heavy atom. The van der Waals surface area contributed by atoms with Crippen LogP contribution in [0.3, 0.4) is 0 Å². The molecule has 0 spiro atoms. The molecule has 28 heavy (non-hydrogen) atoms. The predicted molar refractivity (Wildman–Crippen MR) is 117 cm³/mol. The normalized spacial score (nSPS) is 16.1. The molecule has 0 aliphatic carbocycles. The fourth-order valence-electron chi connectivity index (χ4n) is 2.70. The lowest BCUT2D eigenvalue weighted by Crippen LogP contribution is -2.09. The lowest BCUT2D eigenvalue weighted by atomic mass is 10.0. The van der Waals surface area contributed by atoms with Crippen molar-refractivity contribution in [2.24, 2.45) is 5.92 Å². The van der Waals surface area contributed by atoms with Crippen molar-refractivity contribution >= 4 is 15.0 Å². The number of allylic oxidation sites excluding steroid dienone is 3. The van der Waals surface area contributed by atoms with Crippen molar-refractivity contribution < 1.29 is 28.2 Å². The van der Waals surface area contributed by atoms with Crippen molar-refractivity contribution in [3.05, 3.63) is 23.3 Å². The highest BCUT2D eigenvalue weighted by Crippen LogP contribution is 2.58. The summed E-state index contributed by atoms with van der Waals surface area (Å²) in [6.07, 6.45) is 9.04. The molecule has 0 fully saturated rings. The van der Waals surface area contributed by atoms with Crippen molar-refractivity contribution in [2.45, 2.75) is 79.8 Å². The summed E-state index contributed by atoms with van der Waals surface area (Å²) in [5, 5.41) is 0. The van der Waals surface area contributed by atoms with Gasteiger partial charge in [0.1, 0.15) is 12.3 Å². The molecule has 0 saturated carbocycles. The van der Waals surface area contributed by atoms with Gasteiger partial charge in [0.2, 0.25) is 7.37 Å². The van der Waals surface area contributed by atoms with E-state index in [9.17, 15) is 9.13 Å². The number of hydrogen-bond acceptors (Lipinski definition) is 4. The minimum absolute atomic E-state index is 0.246. The van der Waals surface area contributed by atoms with Crippen molar-refractivity contribution in [1.29, 1.82) is 0 Å². The summed E-state index contributed by atoms with van der Waals surface area (Å²) in [5.41, 5.74) is 2.59. The summed E-state index contributed by atoms with van der Waals surface area (Å²) in [4.78, 5) is 18.2. The molecule has 0 heterocycles. The van der Waals surface area contributed by atoms with Gasteiger partial charge in [-0.15, -0.1) is 0 Å². The first-order valence-electron chi connectivity index (χ1n) is 10.0. The van der Waals surface area contributed by atoms with E-state index in [2.05, 4.69) is 26.8 Å². The Bertz CT molecular complexity index is 590. The zero-order valence-electron chi connectivity index (χ0n) is 18.4. The average molecular weight is 438 g/mol. The van der Waals surface area contributed by atoms with Crippen LogP contribution in [-0.2, 0) is 18.4 Å². The lowest BCUT2D eigenvalue weighted by Gasteiger charge is -2.21. The summed E-state index contributed by atoms with van der Waals surface area (Å²) in [5.74, 6) is -0.0391. The third-order valence-corrected chi connectivity index (χ3v) is 8.60. The van der Waals surface area contributed by atoms with Crippen LogP contribution in [0, 0.1) is 5.92 Å². The van der Waals surface area contributed by atoms with Crippen LogP contribution in [0.4, 0.5) is 0 Å². The molecule has 1 atom stereocenters. The van der Waals surface area contributed by atoms with Crippen LogP contribution in [0.15, 0.2) is 23.3 Å². The van der Waals surface area contributed by atoms with Crippen molar-refractivity contribution in [1.82, 2.24) is 0 Å². The molecule has 8 heteroatoms. The van der Waals surface area contributed by atoms with E-state index in [0.29, 0.717) is 0 Å². The van der Waals surface area contributed by atoms with Crippen LogP contribution < -0.4 is 0 Å². The fourth-order valence-corrected chi connectivity index (χ4v) is 6.75. The summed E-state index contributed by atoms with van der Waals surface area (Å²) in [6, 6.07) is 0. The van der Waals surface area contributed by atoms with Gasteiger partial charge in [-0.05, 0) is 59.3 Å². The highest BCUT2D eigenvalue weighted by atomic mass is 31.2. The Morgan fingerprint density at radius 1 is 1.00 bits per heavy atom. The van der Waals surface area contributed by atoms with E-state index >= 15 is 0 Å². The minimum atomic E-state index is -4.44. The van der Waals surface area contributed by atoms with Gasteiger partial charge in [0.25, 0.3) is 0 Å². The van der Waals surface area contributed by atoms with E-state index in [4.69, 9.17) is 19.0 Å². The zero-order chi connectivity index (χ0) is 21.8. The van der Waals surface area contributed by atoms with Crippen LogP contribution in [0.25, 0.3) is 0 Å². The van der Waals surface area contributed by atoms with E-state index in [1.165, 1.54) is 24.0 Å². The van der Waals surface area contributed by atoms with Crippen LogP contribution >= 0.6 is 15.0 Å². The fraction of sp³-hybridized carbons (Fsp3) is 0.800. The first-order chi connectivity index (χ1) is 12.8. The van der Waals surface area contributed by atoms with E-state index < -0.39 is 27.0 Å². The van der Waals surface area contributed by atoms with Gasteiger partial charge in [-0.1, -0.05) is 43.6 Å². The molecule has 0 aromatic rings. The molecule has 0 bridgehead atoms. The maximum absolute atomic E-state index is 12.6. The maximum Gasteiger partial charge on any atom is 0.335 e. The van der Waals surface area contributed by atoms with Crippen molar-refractivity contribution in [3.8, 4) is 0 Å². The predicted octanol–water partition coefficient (Wildman–Crippen LogP) is 6.30. The third kappa shape index (κ3) is 16.7. The van der Waals surface area contributed by atoms with Gasteiger partial charge in [0, 0.05) is 0 Å². The zero-order valence-corrected chi connectivity index (χ0v) is 20.2. The van der Waals surface area contributed by atoms with Crippen molar-refractivity contribution in [2.75, 3.05) is 18.9 Å². The minimum Gasteiger partial charge on any atom is -0.367 e. The summed E-state index contributed by atoms with van der Waals surface area (Å²) < 4.78 is 34.5. The average Bonchev–Trinajstić information content (AvgIpc) is 2.48. The summed E-state index contributed by atoms with van der Waals surface area (Å²) in [7, 11) is -7.97. The molecular weight excluding hydrogens is 398 g/mol. The molecule has 1 unspecified atom stereocenters. The molecule has 0 amide bonds. The maximum atomic E-state index is 12.6. The van der Waals surface area contributed by atoms with Crippen LogP contribution in [0.2, 0.25) is 0 Å². The van der Waals surface area contributed by atoms with Gasteiger partial charge in [-0.25, -0.2) is 0 Å². The van der Waals surface area contributed by atoms with Crippen molar-refractivity contribution in [3.63, 3.8) is 0 Å². The van der Waals surface area contributed by atoms with E-state index in [1.54, 1.807) is 13.8 Å². The summed E-state index contributed by atoms with van der Waals surface area (Å²) >= 11 is 0. The first-order valence-corrected chi connectivity index (χ1v) is 13.8. The monoisotopic (exact) mass is 438 g/mol. The largest absolute Gasteiger partial charge is 0.367 e. The molecule has 0 rings (SSSR count). The standard InChI is InChI=1S/C20H40O6P2/c1-17(2)9-7-10-19(5)11-8-12-20(6)13-14-25-15-27(21,26-18(3)4)16-28(22,23)24/h11,13,17-18H,7-10,12,14-16H2,1-6H3,(H2,22,23,24)/b19-11+,20-13+. The molecule has 0 aliphatic heterocycles. The molecule has 0 radical (unpaired) electrons. The van der Waals surface area contributed by atoms with E-state index in [0.717, 1.165) is 25.2 Å². The lowest BCUT2D eigenvalue weighted by molar-refractivity contribution is 0.174. The third-order valence-electron chi connectivity index (χ3n) is 4.02. The SMILES string of the molecule is C/C(=C\COCP(=O)(CP(=O)(O)O)OC(C)C)CC/C=C(\C)CCCC(C)C. The second-order valence-electron chi connectivity index (χ2n) is 8.20. The van der Waals surface area contributed by atoms with Gasteiger partial charge >= 0.3 is 7.60 Å². The Kier molecular flexibility index (Phi) is 13.8. The molecule has 2 N–H and O–H groups in total. The Balaban J connectivity index is 4.34. The molecule has 6 nitrogen and oxygen atoms in total. The van der Waals surface area contributed by atoms with E-state index in [1.807, 2.05) is 13.0 Å². The van der Waals surface area contributed by atoms with Crippen LogP contribution in [-0.4, -0.2) is 34.7 Å². The van der Waals surface area contributed by atoms with E-state index in [-0.39, 0.29) is 13.0 Å². The molecule has 166 valence electrons. The topological polar surface area (TPSA) is 93.1 Å². The first kappa shape index (κ1) is 27.8. The molecule has 0 saturated heterocycles.